The number of hydrogen-bond acceptors (Lipinski definition) is 5. The van der Waals surface area contributed by atoms with Gasteiger partial charge in [0.2, 0.25) is 0 Å². The molecule has 2 N–H and O–H groups in total. The number of aromatic amines is 1. The molecule has 3 aromatic heterocycles. The summed E-state index contributed by atoms with van der Waals surface area (Å²) < 4.78 is 0. The molecule has 1 aromatic carbocycles. The van der Waals surface area contributed by atoms with Crippen molar-refractivity contribution in [1.29, 1.82) is 0 Å². The van der Waals surface area contributed by atoms with Crippen LogP contribution < -0.4 is 10.2 Å². The van der Waals surface area contributed by atoms with E-state index in [0.29, 0.717) is 6.04 Å². The number of nitrogens with zero attached hydrogens (tertiary/aromatic N) is 4. The van der Waals surface area contributed by atoms with E-state index < -0.39 is 0 Å². The largest absolute Gasteiger partial charge is 0.367 e. The van der Waals surface area contributed by atoms with E-state index in [1.807, 2.05) is 31.3 Å². The van der Waals surface area contributed by atoms with Crippen molar-refractivity contribution < 1.29 is 0 Å². The van der Waals surface area contributed by atoms with Crippen LogP contribution in [0.25, 0.3) is 33.5 Å². The van der Waals surface area contributed by atoms with Gasteiger partial charge >= 0.3 is 0 Å². The lowest BCUT2D eigenvalue weighted by Crippen LogP contribution is -2.49. The van der Waals surface area contributed by atoms with Crippen molar-refractivity contribution in [3.8, 4) is 22.6 Å². The van der Waals surface area contributed by atoms with Crippen LogP contribution in [0, 0.1) is 6.92 Å². The number of piperazine rings is 1. The number of rotatable bonds is 3. The van der Waals surface area contributed by atoms with Crippen LogP contribution in [0.3, 0.4) is 0 Å². The molecule has 0 unspecified atom stereocenters. The smallest absolute Gasteiger partial charge is 0.0977 e. The number of anilines is 1. The van der Waals surface area contributed by atoms with Gasteiger partial charge in [-0.05, 0) is 44.2 Å². The highest BCUT2D eigenvalue weighted by Gasteiger charge is 2.17. The lowest BCUT2D eigenvalue weighted by Gasteiger charge is -2.33. The Morgan fingerprint density at radius 1 is 1.10 bits per heavy atom. The Hall–Kier alpha value is -3.25. The summed E-state index contributed by atoms with van der Waals surface area (Å²) in [4.78, 5) is 19.6. The third-order valence-corrected chi connectivity index (χ3v) is 5.46. The van der Waals surface area contributed by atoms with Gasteiger partial charge in [-0.3, -0.25) is 9.97 Å². The van der Waals surface area contributed by atoms with E-state index in [4.69, 9.17) is 4.98 Å². The van der Waals surface area contributed by atoms with E-state index in [2.05, 4.69) is 56.4 Å². The minimum absolute atomic E-state index is 0.485. The first-order valence-electron chi connectivity index (χ1n) is 10.0. The first-order chi connectivity index (χ1) is 14.2. The van der Waals surface area contributed by atoms with Gasteiger partial charge in [-0.1, -0.05) is 12.1 Å². The molecule has 6 nitrogen and oxygen atoms in total. The number of aromatic nitrogens is 4. The summed E-state index contributed by atoms with van der Waals surface area (Å²) in [5.41, 5.74) is 6.96. The Kier molecular flexibility index (Phi) is 4.48. The number of pyridine rings is 2. The molecule has 5 rings (SSSR count). The average molecular weight is 384 g/mol. The van der Waals surface area contributed by atoms with Gasteiger partial charge in [0.1, 0.15) is 0 Å². The van der Waals surface area contributed by atoms with Gasteiger partial charge in [0.15, 0.2) is 0 Å². The summed E-state index contributed by atoms with van der Waals surface area (Å²) in [5.74, 6) is 0. The fraction of sp³-hybridized carbons (Fsp3) is 0.261. The molecule has 0 saturated carbocycles. The number of imidazole rings is 1. The Bertz CT molecular complexity index is 1160. The predicted octanol–water partition coefficient (Wildman–Crippen LogP) is 3.79. The fourth-order valence-corrected chi connectivity index (χ4v) is 4.00. The minimum atomic E-state index is 0.485. The molecule has 0 amide bonds. The van der Waals surface area contributed by atoms with Gasteiger partial charge in [-0.15, -0.1) is 0 Å². The van der Waals surface area contributed by atoms with E-state index in [1.165, 1.54) is 5.69 Å². The molecule has 1 atom stereocenters. The molecule has 1 fully saturated rings. The van der Waals surface area contributed by atoms with Crippen LogP contribution in [0.5, 0.6) is 0 Å². The van der Waals surface area contributed by atoms with E-state index in [1.54, 1.807) is 6.33 Å². The van der Waals surface area contributed by atoms with Gasteiger partial charge in [-0.2, -0.15) is 0 Å². The molecule has 29 heavy (non-hydrogen) atoms. The van der Waals surface area contributed by atoms with Gasteiger partial charge in [0, 0.05) is 42.3 Å². The molecule has 6 heteroatoms. The van der Waals surface area contributed by atoms with Crippen LogP contribution in [0.2, 0.25) is 0 Å². The van der Waals surface area contributed by atoms with Crippen LogP contribution >= 0.6 is 0 Å². The highest BCUT2D eigenvalue weighted by Crippen LogP contribution is 2.31. The number of fused-ring (bicyclic) bond motifs is 1. The third kappa shape index (κ3) is 3.47. The quantitative estimate of drug-likeness (QED) is 0.562. The van der Waals surface area contributed by atoms with Crippen LogP contribution in [-0.4, -0.2) is 45.6 Å². The summed E-state index contributed by atoms with van der Waals surface area (Å²) in [7, 11) is 0. The Morgan fingerprint density at radius 3 is 2.90 bits per heavy atom. The maximum Gasteiger partial charge on any atom is 0.0977 e. The van der Waals surface area contributed by atoms with Crippen LogP contribution in [0.1, 0.15) is 12.6 Å². The average Bonchev–Trinajstić information content (AvgIpc) is 3.23. The van der Waals surface area contributed by atoms with E-state index in [-0.39, 0.29) is 0 Å². The zero-order chi connectivity index (χ0) is 19.8. The summed E-state index contributed by atoms with van der Waals surface area (Å²) in [5, 5.41) is 4.62. The molecule has 146 valence electrons. The van der Waals surface area contributed by atoms with Crippen molar-refractivity contribution in [3.63, 3.8) is 0 Å². The van der Waals surface area contributed by atoms with Gasteiger partial charge in [0.25, 0.3) is 0 Å². The summed E-state index contributed by atoms with van der Waals surface area (Å²) >= 11 is 0. The molecule has 1 aliphatic heterocycles. The molecule has 1 aliphatic rings. The van der Waals surface area contributed by atoms with Crippen molar-refractivity contribution in [2.75, 3.05) is 24.5 Å². The molecule has 0 bridgehead atoms. The molecular weight excluding hydrogens is 360 g/mol. The lowest BCUT2D eigenvalue weighted by atomic mass is 10.0. The molecule has 0 aliphatic carbocycles. The fourth-order valence-electron chi connectivity index (χ4n) is 4.00. The van der Waals surface area contributed by atoms with Crippen LogP contribution in [-0.2, 0) is 0 Å². The van der Waals surface area contributed by atoms with E-state index in [0.717, 1.165) is 58.9 Å². The zero-order valence-electron chi connectivity index (χ0n) is 16.7. The number of aryl methyl sites for hydroxylation is 1. The normalized spacial score (nSPS) is 17.0. The second kappa shape index (κ2) is 7.29. The third-order valence-electron chi connectivity index (χ3n) is 5.46. The van der Waals surface area contributed by atoms with E-state index >= 15 is 0 Å². The van der Waals surface area contributed by atoms with Crippen LogP contribution in [0.4, 0.5) is 5.69 Å². The van der Waals surface area contributed by atoms with Crippen molar-refractivity contribution in [2.24, 2.45) is 0 Å². The molecule has 1 saturated heterocycles. The number of hydrogen-bond donors (Lipinski definition) is 2. The number of nitrogens with one attached hydrogen (secondary N) is 2. The summed E-state index contributed by atoms with van der Waals surface area (Å²) in [6.45, 7) is 7.21. The first-order valence-corrected chi connectivity index (χ1v) is 10.0. The summed E-state index contributed by atoms with van der Waals surface area (Å²) in [6.07, 6.45) is 3.71. The molecule has 0 radical (unpaired) electrons. The zero-order valence-corrected chi connectivity index (χ0v) is 16.7. The number of benzene rings is 1. The molecule has 4 heterocycles. The van der Waals surface area contributed by atoms with Gasteiger partial charge in [-0.25, -0.2) is 4.98 Å². The number of H-pyrrole nitrogens is 1. The second-order valence-electron chi connectivity index (χ2n) is 7.69. The molecule has 0 spiro atoms. The Balaban J connectivity index is 1.54. The predicted molar refractivity (Wildman–Crippen MR) is 117 cm³/mol. The van der Waals surface area contributed by atoms with Crippen molar-refractivity contribution >= 4 is 16.6 Å². The Morgan fingerprint density at radius 2 is 2.03 bits per heavy atom. The maximum atomic E-state index is 4.69. The van der Waals surface area contributed by atoms with Gasteiger partial charge in [0.05, 0.1) is 40.8 Å². The standard InChI is InChI=1S/C23H24N6/c1-15-4-3-5-21(28-15)23-22(26-14-27-23)17-6-7-20-18(10-17)11-19(12-25-20)29-9-8-24-16(2)13-29/h3-7,10-12,14,16,24H,8-9,13H2,1-2H3,(H,26,27)/t16-/m1/s1. The van der Waals surface area contributed by atoms with E-state index in [9.17, 15) is 0 Å². The highest BCUT2D eigenvalue weighted by atomic mass is 15.2. The van der Waals surface area contributed by atoms with Crippen LogP contribution in [0.15, 0.2) is 55.0 Å². The maximum absolute atomic E-state index is 4.69. The summed E-state index contributed by atoms with van der Waals surface area (Å²) in [6, 6.07) is 15.1. The minimum Gasteiger partial charge on any atom is -0.367 e. The van der Waals surface area contributed by atoms with Crippen molar-refractivity contribution in [2.45, 2.75) is 19.9 Å². The second-order valence-corrected chi connectivity index (χ2v) is 7.69. The molecular formula is C23H24N6. The SMILES string of the molecule is Cc1cccc(-c2[nH]cnc2-c2ccc3ncc(N4CCN[C@H](C)C4)cc3c2)n1. The first kappa shape index (κ1) is 17.8. The monoisotopic (exact) mass is 384 g/mol. The Labute approximate surface area is 170 Å². The lowest BCUT2D eigenvalue weighted by molar-refractivity contribution is 0.484. The van der Waals surface area contributed by atoms with Crippen molar-refractivity contribution in [3.05, 3.63) is 60.7 Å². The topological polar surface area (TPSA) is 69.7 Å². The van der Waals surface area contributed by atoms with Gasteiger partial charge < -0.3 is 15.2 Å². The highest BCUT2D eigenvalue weighted by molar-refractivity contribution is 5.88. The van der Waals surface area contributed by atoms with Crippen molar-refractivity contribution in [1.82, 2.24) is 25.3 Å². The molecule has 4 aromatic rings.